The van der Waals surface area contributed by atoms with E-state index in [9.17, 15) is 0 Å². The molecule has 0 bridgehead atoms. The highest BCUT2D eigenvalue weighted by molar-refractivity contribution is 7.99. The molecule has 2 fully saturated rings. The maximum Gasteiger partial charge on any atom is 0.191 e. The second-order valence-electron chi connectivity index (χ2n) is 7.49. The minimum atomic E-state index is 0.592. The van der Waals surface area contributed by atoms with Crippen LogP contribution in [0.25, 0.3) is 0 Å². The Balaban J connectivity index is 1.80. The summed E-state index contributed by atoms with van der Waals surface area (Å²) in [6, 6.07) is 1.23. The van der Waals surface area contributed by atoms with Gasteiger partial charge in [0.05, 0.1) is 0 Å². The quantitative estimate of drug-likeness (QED) is 0.552. The van der Waals surface area contributed by atoms with Gasteiger partial charge in [0.25, 0.3) is 0 Å². The molecule has 4 nitrogen and oxygen atoms in total. The van der Waals surface area contributed by atoms with Crippen LogP contribution in [0, 0.1) is 5.92 Å². The summed E-state index contributed by atoms with van der Waals surface area (Å²) in [4.78, 5) is 7.12. The van der Waals surface area contributed by atoms with Crippen molar-refractivity contribution in [3.63, 3.8) is 0 Å². The van der Waals surface area contributed by atoms with E-state index < -0.39 is 0 Å². The van der Waals surface area contributed by atoms with Crippen LogP contribution in [0.3, 0.4) is 0 Å². The Kier molecular flexibility index (Phi) is 8.04. The summed E-state index contributed by atoms with van der Waals surface area (Å²) in [6.45, 7) is 8.21. The van der Waals surface area contributed by atoms with Gasteiger partial charge in [0, 0.05) is 30.9 Å². The minimum absolute atomic E-state index is 0.592. The Morgan fingerprint density at radius 1 is 1.26 bits per heavy atom. The second kappa shape index (κ2) is 9.77. The molecular formula is C18H36N4S. The average molecular weight is 341 g/mol. The van der Waals surface area contributed by atoms with E-state index in [2.05, 4.69) is 40.6 Å². The normalized spacial score (nSPS) is 27.6. The van der Waals surface area contributed by atoms with Crippen molar-refractivity contribution in [3.05, 3.63) is 0 Å². The molecule has 23 heavy (non-hydrogen) atoms. The van der Waals surface area contributed by atoms with E-state index in [1.165, 1.54) is 51.6 Å². The van der Waals surface area contributed by atoms with E-state index in [0.717, 1.165) is 23.7 Å². The maximum atomic E-state index is 4.45. The number of hydrogen-bond donors (Lipinski definition) is 2. The van der Waals surface area contributed by atoms with Gasteiger partial charge in [-0.25, -0.2) is 0 Å². The first-order valence-electron chi connectivity index (χ1n) is 9.36. The molecule has 2 aliphatic rings. The minimum Gasteiger partial charge on any atom is -0.355 e. The molecule has 0 amide bonds. The fraction of sp³-hybridized carbons (Fsp3) is 0.944. The SMILES string of the molecule is CN=C(NCC(CC(C)C)N1CCCC1)NC1CCC(SC)C1. The molecule has 2 rings (SSSR count). The highest BCUT2D eigenvalue weighted by Crippen LogP contribution is 2.28. The third-order valence-electron chi connectivity index (χ3n) is 5.19. The summed E-state index contributed by atoms with van der Waals surface area (Å²) in [5, 5.41) is 8.06. The number of likely N-dealkylation sites (tertiary alicyclic amines) is 1. The predicted molar refractivity (Wildman–Crippen MR) is 103 cm³/mol. The fourth-order valence-electron chi connectivity index (χ4n) is 3.90. The van der Waals surface area contributed by atoms with Gasteiger partial charge in [-0.3, -0.25) is 9.89 Å². The van der Waals surface area contributed by atoms with Gasteiger partial charge in [0.1, 0.15) is 0 Å². The summed E-state index contributed by atoms with van der Waals surface area (Å²) in [5.74, 6) is 1.74. The zero-order valence-electron chi connectivity index (χ0n) is 15.5. The smallest absolute Gasteiger partial charge is 0.191 e. The lowest BCUT2D eigenvalue weighted by molar-refractivity contribution is 0.212. The molecule has 0 spiro atoms. The highest BCUT2D eigenvalue weighted by atomic mass is 32.2. The van der Waals surface area contributed by atoms with Crippen LogP contribution in [0.2, 0.25) is 0 Å². The summed E-state index contributed by atoms with van der Waals surface area (Å²) < 4.78 is 0. The van der Waals surface area contributed by atoms with Crippen LogP contribution in [0.15, 0.2) is 4.99 Å². The number of thioether (sulfide) groups is 1. The molecule has 1 saturated carbocycles. The van der Waals surface area contributed by atoms with Crippen LogP contribution < -0.4 is 10.6 Å². The number of aliphatic imine (C=N–C) groups is 1. The summed E-state index contributed by atoms with van der Waals surface area (Å²) in [6.07, 6.45) is 10.1. The fourth-order valence-corrected chi connectivity index (χ4v) is 4.70. The lowest BCUT2D eigenvalue weighted by Gasteiger charge is -2.30. The van der Waals surface area contributed by atoms with Crippen molar-refractivity contribution in [1.82, 2.24) is 15.5 Å². The van der Waals surface area contributed by atoms with Crippen LogP contribution in [0.1, 0.15) is 52.4 Å². The van der Waals surface area contributed by atoms with Crippen molar-refractivity contribution in [2.24, 2.45) is 10.9 Å². The average Bonchev–Trinajstić information content (AvgIpc) is 3.20. The van der Waals surface area contributed by atoms with Gasteiger partial charge < -0.3 is 10.6 Å². The van der Waals surface area contributed by atoms with Crippen LogP contribution in [0.4, 0.5) is 0 Å². The first-order valence-corrected chi connectivity index (χ1v) is 10.6. The zero-order valence-corrected chi connectivity index (χ0v) is 16.3. The molecule has 1 saturated heterocycles. The lowest BCUT2D eigenvalue weighted by atomic mass is 10.0. The first kappa shape index (κ1) is 18.9. The Hall–Kier alpha value is -0.420. The Labute approximate surface area is 147 Å². The van der Waals surface area contributed by atoms with E-state index in [0.29, 0.717) is 12.1 Å². The predicted octanol–water partition coefficient (Wildman–Crippen LogP) is 2.95. The topological polar surface area (TPSA) is 39.7 Å². The van der Waals surface area contributed by atoms with Crippen molar-refractivity contribution in [2.45, 2.75) is 69.7 Å². The molecule has 0 aromatic heterocycles. The molecule has 0 radical (unpaired) electrons. The maximum absolute atomic E-state index is 4.45. The Bertz CT molecular complexity index is 366. The van der Waals surface area contributed by atoms with Gasteiger partial charge in [-0.05, 0) is 63.8 Å². The van der Waals surface area contributed by atoms with E-state index in [1.54, 1.807) is 0 Å². The van der Waals surface area contributed by atoms with Gasteiger partial charge in [-0.1, -0.05) is 13.8 Å². The monoisotopic (exact) mass is 340 g/mol. The summed E-state index contributed by atoms with van der Waals surface area (Å²) in [7, 11) is 1.89. The molecule has 1 aliphatic heterocycles. The molecule has 0 aromatic rings. The van der Waals surface area contributed by atoms with Crippen molar-refractivity contribution in [3.8, 4) is 0 Å². The van der Waals surface area contributed by atoms with Gasteiger partial charge >= 0.3 is 0 Å². The van der Waals surface area contributed by atoms with Gasteiger partial charge in [-0.15, -0.1) is 0 Å². The van der Waals surface area contributed by atoms with Gasteiger partial charge in [-0.2, -0.15) is 11.8 Å². The highest BCUT2D eigenvalue weighted by Gasteiger charge is 2.26. The van der Waals surface area contributed by atoms with E-state index in [4.69, 9.17) is 0 Å². The Morgan fingerprint density at radius 3 is 2.57 bits per heavy atom. The molecule has 3 atom stereocenters. The largest absolute Gasteiger partial charge is 0.355 e. The molecule has 1 aliphatic carbocycles. The summed E-state index contributed by atoms with van der Waals surface area (Å²) >= 11 is 2.01. The molecule has 3 unspecified atom stereocenters. The third-order valence-corrected chi connectivity index (χ3v) is 6.28. The molecule has 5 heteroatoms. The van der Waals surface area contributed by atoms with Crippen LogP contribution in [-0.2, 0) is 0 Å². The third kappa shape index (κ3) is 6.18. The molecule has 2 N–H and O–H groups in total. The van der Waals surface area contributed by atoms with Crippen LogP contribution >= 0.6 is 11.8 Å². The molecular weight excluding hydrogens is 304 g/mol. The van der Waals surface area contributed by atoms with Crippen molar-refractivity contribution < 1.29 is 0 Å². The second-order valence-corrected chi connectivity index (χ2v) is 8.63. The van der Waals surface area contributed by atoms with Crippen molar-refractivity contribution in [2.75, 3.05) is 32.9 Å². The van der Waals surface area contributed by atoms with Crippen molar-refractivity contribution >= 4 is 17.7 Å². The number of guanidine groups is 1. The number of nitrogens with one attached hydrogen (secondary N) is 2. The van der Waals surface area contributed by atoms with E-state index in [1.807, 2.05) is 18.8 Å². The summed E-state index contributed by atoms with van der Waals surface area (Å²) in [5.41, 5.74) is 0. The first-order chi connectivity index (χ1) is 11.1. The molecule has 1 heterocycles. The number of rotatable bonds is 7. The van der Waals surface area contributed by atoms with E-state index in [-0.39, 0.29) is 0 Å². The standard InChI is InChI=1S/C18H36N4S/c1-14(2)11-16(22-9-5-6-10-22)13-20-18(19-3)21-15-7-8-17(12-15)23-4/h14-17H,5-13H2,1-4H3,(H2,19,20,21). The molecule has 134 valence electrons. The van der Waals surface area contributed by atoms with Crippen molar-refractivity contribution in [1.29, 1.82) is 0 Å². The number of hydrogen-bond acceptors (Lipinski definition) is 3. The Morgan fingerprint density at radius 2 is 2.00 bits per heavy atom. The zero-order chi connectivity index (χ0) is 16.7. The van der Waals surface area contributed by atoms with Crippen LogP contribution in [-0.4, -0.2) is 61.1 Å². The molecule has 0 aromatic carbocycles. The van der Waals surface area contributed by atoms with Gasteiger partial charge in [0.2, 0.25) is 0 Å². The van der Waals surface area contributed by atoms with E-state index >= 15 is 0 Å². The van der Waals surface area contributed by atoms with Gasteiger partial charge in [0.15, 0.2) is 5.96 Å². The number of nitrogens with zero attached hydrogens (tertiary/aromatic N) is 2. The lowest BCUT2D eigenvalue weighted by Crippen LogP contribution is -2.48. The van der Waals surface area contributed by atoms with Crippen LogP contribution in [0.5, 0.6) is 0 Å².